The molecule has 3 amide bonds. The minimum atomic E-state index is -0.264. The number of hydrogen-bond donors (Lipinski definition) is 1. The molecule has 2 aliphatic heterocycles. The van der Waals surface area contributed by atoms with Crippen LogP contribution in [0.1, 0.15) is 38.2 Å². The number of carbonyl (C=O) groups is 3. The van der Waals surface area contributed by atoms with Crippen LogP contribution in [0.15, 0.2) is 18.2 Å². The van der Waals surface area contributed by atoms with Gasteiger partial charge in [-0.2, -0.15) is 0 Å². The Morgan fingerprint density at radius 1 is 1.28 bits per heavy atom. The Labute approximate surface area is 147 Å². The number of fused-ring (bicyclic) bond motifs is 1. The van der Waals surface area contributed by atoms with Crippen LogP contribution < -0.4 is 15.1 Å². The first-order valence-corrected chi connectivity index (χ1v) is 9.11. The van der Waals surface area contributed by atoms with Crippen molar-refractivity contribution in [2.75, 3.05) is 22.9 Å². The van der Waals surface area contributed by atoms with Gasteiger partial charge in [-0.15, -0.1) is 0 Å². The fraction of sp³-hybridized carbons (Fsp3) is 0.526. The van der Waals surface area contributed by atoms with Crippen molar-refractivity contribution in [2.45, 2.75) is 45.1 Å². The fourth-order valence-corrected chi connectivity index (χ4v) is 3.69. The molecule has 1 aromatic rings. The summed E-state index contributed by atoms with van der Waals surface area (Å²) in [6.45, 7) is 3.00. The first-order valence-electron chi connectivity index (χ1n) is 9.11. The van der Waals surface area contributed by atoms with Gasteiger partial charge in [-0.3, -0.25) is 14.4 Å². The van der Waals surface area contributed by atoms with Crippen LogP contribution >= 0.6 is 0 Å². The highest BCUT2D eigenvalue weighted by atomic mass is 16.2. The molecule has 1 aromatic carbocycles. The molecule has 6 heteroatoms. The molecule has 0 aromatic heterocycles. The molecule has 1 unspecified atom stereocenters. The second kappa shape index (κ2) is 6.17. The van der Waals surface area contributed by atoms with E-state index >= 15 is 0 Å². The minimum absolute atomic E-state index is 0.000715. The van der Waals surface area contributed by atoms with E-state index in [1.54, 1.807) is 4.90 Å². The van der Waals surface area contributed by atoms with Crippen molar-refractivity contribution in [1.82, 2.24) is 5.32 Å². The highest BCUT2D eigenvalue weighted by Crippen LogP contribution is 2.34. The molecule has 2 heterocycles. The van der Waals surface area contributed by atoms with Crippen molar-refractivity contribution in [3.05, 3.63) is 23.8 Å². The fourth-order valence-electron chi connectivity index (χ4n) is 3.69. The molecular weight excluding hydrogens is 318 g/mol. The molecule has 0 spiro atoms. The number of nitrogens with zero attached hydrogens (tertiary/aromatic N) is 2. The molecule has 132 valence electrons. The van der Waals surface area contributed by atoms with Crippen LogP contribution in [0.3, 0.4) is 0 Å². The number of rotatable bonds is 4. The van der Waals surface area contributed by atoms with Crippen LogP contribution in [0.4, 0.5) is 11.4 Å². The number of amides is 3. The molecule has 3 aliphatic rings. The number of hydrogen-bond acceptors (Lipinski definition) is 3. The van der Waals surface area contributed by atoms with Gasteiger partial charge in [0.1, 0.15) is 0 Å². The maximum absolute atomic E-state index is 12.4. The van der Waals surface area contributed by atoms with Gasteiger partial charge in [-0.25, -0.2) is 0 Å². The summed E-state index contributed by atoms with van der Waals surface area (Å²) < 4.78 is 0. The largest absolute Gasteiger partial charge is 0.353 e. The molecule has 6 nitrogen and oxygen atoms in total. The lowest BCUT2D eigenvalue weighted by molar-refractivity contribution is -0.126. The Morgan fingerprint density at radius 3 is 2.80 bits per heavy atom. The van der Waals surface area contributed by atoms with Gasteiger partial charge in [-0.05, 0) is 43.0 Å². The molecule has 0 radical (unpaired) electrons. The van der Waals surface area contributed by atoms with Gasteiger partial charge in [0.2, 0.25) is 17.7 Å². The summed E-state index contributed by atoms with van der Waals surface area (Å²) in [5.41, 5.74) is 2.87. The van der Waals surface area contributed by atoms with E-state index in [2.05, 4.69) is 5.32 Å². The van der Waals surface area contributed by atoms with Gasteiger partial charge >= 0.3 is 0 Å². The zero-order valence-electron chi connectivity index (χ0n) is 14.5. The maximum atomic E-state index is 12.4. The molecule has 2 fully saturated rings. The van der Waals surface area contributed by atoms with Gasteiger partial charge in [0.25, 0.3) is 0 Å². The van der Waals surface area contributed by atoms with Gasteiger partial charge in [-0.1, -0.05) is 6.92 Å². The summed E-state index contributed by atoms with van der Waals surface area (Å²) >= 11 is 0. The smallest absolute Gasteiger partial charge is 0.227 e. The highest BCUT2D eigenvalue weighted by Gasteiger charge is 2.37. The summed E-state index contributed by atoms with van der Waals surface area (Å²) in [7, 11) is 0. The summed E-state index contributed by atoms with van der Waals surface area (Å²) in [6.07, 6.45) is 3.67. The normalized spacial score (nSPS) is 22.3. The van der Waals surface area contributed by atoms with E-state index in [1.165, 1.54) is 0 Å². The average molecular weight is 341 g/mol. The van der Waals surface area contributed by atoms with Gasteiger partial charge < -0.3 is 15.1 Å². The van der Waals surface area contributed by atoms with E-state index in [0.29, 0.717) is 25.6 Å². The molecule has 0 bridgehead atoms. The van der Waals surface area contributed by atoms with E-state index in [-0.39, 0.29) is 30.1 Å². The van der Waals surface area contributed by atoms with E-state index in [1.807, 2.05) is 30.0 Å². The summed E-state index contributed by atoms with van der Waals surface area (Å²) in [5.74, 6) is -0.144. The third-order valence-electron chi connectivity index (χ3n) is 5.29. The van der Waals surface area contributed by atoms with Crippen LogP contribution in [0, 0.1) is 5.92 Å². The summed E-state index contributed by atoms with van der Waals surface area (Å²) in [4.78, 5) is 40.1. The Balaban J connectivity index is 1.50. The van der Waals surface area contributed by atoms with Gasteiger partial charge in [0.05, 0.1) is 5.92 Å². The topological polar surface area (TPSA) is 69.7 Å². The zero-order valence-corrected chi connectivity index (χ0v) is 14.5. The van der Waals surface area contributed by atoms with Crippen LogP contribution in [0.5, 0.6) is 0 Å². The standard InChI is InChI=1S/C19H23N3O3/c1-2-17(23)21-8-7-12-9-15(5-6-16(12)21)22-11-13(10-18(22)24)19(25)20-14-3-4-14/h5-6,9,13-14H,2-4,7-8,10-11H2,1H3,(H,20,25). The number of benzene rings is 1. The monoisotopic (exact) mass is 341 g/mol. The predicted molar refractivity (Wildman–Crippen MR) is 94.4 cm³/mol. The molecule has 1 saturated heterocycles. The van der Waals surface area contributed by atoms with Crippen molar-refractivity contribution in [3.63, 3.8) is 0 Å². The summed E-state index contributed by atoms with van der Waals surface area (Å²) in [6, 6.07) is 6.13. The first kappa shape index (κ1) is 16.1. The number of nitrogens with one attached hydrogen (secondary N) is 1. The average Bonchev–Trinajstić information content (AvgIpc) is 3.18. The first-order chi connectivity index (χ1) is 12.1. The molecule has 25 heavy (non-hydrogen) atoms. The molecular formula is C19H23N3O3. The van der Waals surface area contributed by atoms with Crippen LogP contribution in [0.25, 0.3) is 0 Å². The van der Waals surface area contributed by atoms with Gasteiger partial charge in [0.15, 0.2) is 0 Å². The third-order valence-corrected chi connectivity index (χ3v) is 5.29. The van der Waals surface area contributed by atoms with Crippen molar-refractivity contribution < 1.29 is 14.4 Å². The van der Waals surface area contributed by atoms with Crippen molar-refractivity contribution in [1.29, 1.82) is 0 Å². The van der Waals surface area contributed by atoms with Crippen LogP contribution in [0.2, 0.25) is 0 Å². The van der Waals surface area contributed by atoms with E-state index < -0.39 is 0 Å². The van der Waals surface area contributed by atoms with Crippen molar-refractivity contribution in [2.24, 2.45) is 5.92 Å². The highest BCUT2D eigenvalue weighted by molar-refractivity contribution is 6.01. The second-order valence-electron chi connectivity index (χ2n) is 7.15. The number of anilines is 2. The number of carbonyl (C=O) groups excluding carboxylic acids is 3. The van der Waals surface area contributed by atoms with Crippen LogP contribution in [-0.2, 0) is 20.8 Å². The van der Waals surface area contributed by atoms with E-state index in [4.69, 9.17) is 0 Å². The van der Waals surface area contributed by atoms with E-state index in [9.17, 15) is 14.4 Å². The third kappa shape index (κ3) is 3.01. The second-order valence-corrected chi connectivity index (χ2v) is 7.15. The molecule has 1 saturated carbocycles. The predicted octanol–water partition coefficient (Wildman–Crippen LogP) is 1.62. The minimum Gasteiger partial charge on any atom is -0.353 e. The lowest BCUT2D eigenvalue weighted by Crippen LogP contribution is -2.34. The Morgan fingerprint density at radius 2 is 2.08 bits per heavy atom. The molecule has 4 rings (SSSR count). The quantitative estimate of drug-likeness (QED) is 0.905. The van der Waals surface area contributed by atoms with Crippen molar-refractivity contribution >= 4 is 29.1 Å². The molecule has 1 atom stereocenters. The zero-order chi connectivity index (χ0) is 17.6. The lowest BCUT2D eigenvalue weighted by atomic mass is 10.1. The SMILES string of the molecule is CCC(=O)N1CCc2cc(N3CC(C(=O)NC4CC4)CC3=O)ccc21. The Bertz CT molecular complexity index is 741. The Hall–Kier alpha value is -2.37. The van der Waals surface area contributed by atoms with Crippen molar-refractivity contribution in [3.8, 4) is 0 Å². The van der Waals surface area contributed by atoms with E-state index in [0.717, 1.165) is 36.2 Å². The molecule has 1 N–H and O–H groups in total. The molecule has 1 aliphatic carbocycles. The maximum Gasteiger partial charge on any atom is 0.227 e. The van der Waals surface area contributed by atoms with Gasteiger partial charge in [0, 0.05) is 43.3 Å². The van der Waals surface area contributed by atoms with Crippen LogP contribution in [-0.4, -0.2) is 36.9 Å². The lowest BCUT2D eigenvalue weighted by Gasteiger charge is -2.20. The summed E-state index contributed by atoms with van der Waals surface area (Å²) in [5, 5.41) is 2.99. The Kier molecular flexibility index (Phi) is 3.98.